The van der Waals surface area contributed by atoms with Gasteiger partial charge in [0.1, 0.15) is 9.85 Å². The van der Waals surface area contributed by atoms with Crippen LogP contribution in [-0.4, -0.2) is 20.4 Å². The van der Waals surface area contributed by atoms with Crippen LogP contribution in [0.2, 0.25) is 0 Å². The Morgan fingerprint density at radius 3 is 2.15 bits per heavy atom. The van der Waals surface area contributed by atoms with E-state index in [1.807, 2.05) is 0 Å². The monoisotopic (exact) mass is 294 g/mol. The fourth-order valence-electron chi connectivity index (χ4n) is 2.11. The molecule has 0 heterocycles. The molecule has 0 aliphatic heterocycles. The first-order valence-electron chi connectivity index (χ1n) is 5.77. The van der Waals surface area contributed by atoms with Gasteiger partial charge in [0, 0.05) is 0 Å². The molecule has 1 atom stereocenters. The quantitative estimate of drug-likeness (QED) is 0.371. The van der Waals surface area contributed by atoms with Gasteiger partial charge in [0.2, 0.25) is 4.87 Å². The molecule has 6 nitrogen and oxygen atoms in total. The second-order valence-corrected chi connectivity index (χ2v) is 5.40. The Balaban J connectivity index is 2.65. The molecule has 0 saturated carbocycles. The molecular weight excluding hydrogens is 284 g/mol. The average Bonchev–Trinajstić information content (AvgIpc) is 2.38. The Morgan fingerprint density at radius 1 is 1.10 bits per heavy atom. The van der Waals surface area contributed by atoms with Gasteiger partial charge in [-0.25, -0.2) is 0 Å². The maximum Gasteiger partial charge on any atom is 0.500 e. The molecule has 1 aliphatic rings. The highest BCUT2D eigenvalue weighted by Crippen LogP contribution is 2.41. The second-order valence-electron chi connectivity index (χ2n) is 4.61. The minimum absolute atomic E-state index is 0.400. The van der Waals surface area contributed by atoms with E-state index >= 15 is 0 Å². The van der Waals surface area contributed by atoms with Gasteiger partial charge in [0.05, 0.1) is 6.08 Å². The molecule has 1 aliphatic carbocycles. The Bertz CT molecular complexity index is 609. The lowest BCUT2D eigenvalue weighted by Crippen LogP contribution is -2.58. The van der Waals surface area contributed by atoms with Crippen molar-refractivity contribution in [2.75, 3.05) is 0 Å². The summed E-state index contributed by atoms with van der Waals surface area (Å²) in [5, 5.41) is 22.6. The molecule has 1 unspecified atom stereocenters. The van der Waals surface area contributed by atoms with Gasteiger partial charge in [0.25, 0.3) is 0 Å². The van der Waals surface area contributed by atoms with Crippen LogP contribution in [0.5, 0.6) is 0 Å². The van der Waals surface area contributed by atoms with E-state index < -0.39 is 20.4 Å². The van der Waals surface area contributed by atoms with Crippen molar-refractivity contribution in [1.82, 2.24) is 0 Å². The molecule has 0 saturated heterocycles. The Kier molecular flexibility index (Phi) is 3.35. The van der Waals surface area contributed by atoms with Gasteiger partial charge in [-0.2, -0.15) is 0 Å². The summed E-state index contributed by atoms with van der Waals surface area (Å²) in [5.74, 6) is 0. The van der Waals surface area contributed by atoms with E-state index in [1.165, 1.54) is 13.0 Å². The number of hydrogen-bond donors (Lipinski definition) is 0. The molecule has 0 amide bonds. The third-order valence-electron chi connectivity index (χ3n) is 3.32. The Morgan fingerprint density at radius 2 is 1.65 bits per heavy atom. The zero-order valence-corrected chi connectivity index (χ0v) is 11.3. The van der Waals surface area contributed by atoms with Crippen LogP contribution in [0.4, 0.5) is 0 Å². The van der Waals surface area contributed by atoms with Crippen LogP contribution < -0.4 is 0 Å². The SMILES string of the molecule is CC1(Cl)C=CC(c2ccccc2)=CC1([N+](=O)[O-])[N+](=O)[O-]. The molecule has 0 bridgehead atoms. The van der Waals surface area contributed by atoms with Gasteiger partial charge in [-0.1, -0.05) is 48.0 Å². The summed E-state index contributed by atoms with van der Waals surface area (Å²) in [4.78, 5) is 19.0. The van der Waals surface area contributed by atoms with Crippen LogP contribution in [0.15, 0.2) is 48.6 Å². The largest absolute Gasteiger partial charge is 0.500 e. The van der Waals surface area contributed by atoms with Crippen LogP contribution >= 0.6 is 11.6 Å². The van der Waals surface area contributed by atoms with Crippen molar-refractivity contribution in [1.29, 1.82) is 0 Å². The van der Waals surface area contributed by atoms with Gasteiger partial charge in [-0.05, 0) is 24.1 Å². The standard InChI is InChI=1S/C13H11ClN2O4/c1-12(14)8-7-11(10-5-3-2-4-6-10)9-13(12,15(17)18)16(19)20/h2-9H,1H3. The highest BCUT2D eigenvalue weighted by atomic mass is 35.5. The molecule has 1 aromatic rings. The summed E-state index contributed by atoms with van der Waals surface area (Å²) < 4.78 is 0. The minimum atomic E-state index is -2.59. The summed E-state index contributed by atoms with van der Waals surface area (Å²) >= 11 is 6.02. The maximum atomic E-state index is 11.3. The molecule has 0 radical (unpaired) electrons. The van der Waals surface area contributed by atoms with Crippen molar-refractivity contribution in [3.63, 3.8) is 0 Å². The van der Waals surface area contributed by atoms with Crippen molar-refractivity contribution < 1.29 is 9.85 Å². The molecule has 104 valence electrons. The maximum absolute atomic E-state index is 11.3. The lowest BCUT2D eigenvalue weighted by molar-refractivity contribution is -0.784. The van der Waals surface area contributed by atoms with Gasteiger partial charge < -0.3 is 0 Å². The smallest absolute Gasteiger partial charge is 0.258 e. The summed E-state index contributed by atoms with van der Waals surface area (Å²) in [6.45, 7) is 1.26. The number of nitrogens with zero attached hydrogens (tertiary/aromatic N) is 2. The van der Waals surface area contributed by atoms with E-state index in [0.717, 1.165) is 6.08 Å². The molecule has 2 rings (SSSR count). The third kappa shape index (κ3) is 1.98. The van der Waals surface area contributed by atoms with Crippen molar-refractivity contribution in [3.05, 3.63) is 74.4 Å². The zero-order valence-electron chi connectivity index (χ0n) is 10.5. The van der Waals surface area contributed by atoms with E-state index in [1.54, 1.807) is 36.4 Å². The fraction of sp³-hybridized carbons (Fsp3) is 0.231. The highest BCUT2D eigenvalue weighted by molar-refractivity contribution is 6.26. The molecule has 7 heteroatoms. The van der Waals surface area contributed by atoms with E-state index in [-0.39, 0.29) is 0 Å². The first-order chi connectivity index (χ1) is 9.31. The van der Waals surface area contributed by atoms with Gasteiger partial charge in [0.15, 0.2) is 0 Å². The lowest BCUT2D eigenvalue weighted by Gasteiger charge is -2.28. The summed E-state index contributed by atoms with van der Waals surface area (Å²) in [6.07, 6.45) is 3.87. The second kappa shape index (κ2) is 4.72. The van der Waals surface area contributed by atoms with Crippen LogP contribution in [0.1, 0.15) is 12.5 Å². The van der Waals surface area contributed by atoms with Crippen molar-refractivity contribution >= 4 is 17.2 Å². The van der Waals surface area contributed by atoms with Crippen LogP contribution in [0.3, 0.4) is 0 Å². The van der Waals surface area contributed by atoms with E-state index in [4.69, 9.17) is 11.6 Å². The van der Waals surface area contributed by atoms with Crippen molar-refractivity contribution in [3.8, 4) is 0 Å². The van der Waals surface area contributed by atoms with Gasteiger partial charge in [-0.3, -0.25) is 20.2 Å². The summed E-state index contributed by atoms with van der Waals surface area (Å²) in [6, 6.07) is 8.73. The van der Waals surface area contributed by atoms with Crippen LogP contribution in [0, 0.1) is 20.2 Å². The number of hydrogen-bond acceptors (Lipinski definition) is 4. The summed E-state index contributed by atoms with van der Waals surface area (Å²) in [7, 11) is 0. The van der Waals surface area contributed by atoms with E-state index in [9.17, 15) is 20.2 Å². The van der Waals surface area contributed by atoms with Gasteiger partial charge >= 0.3 is 5.66 Å². The number of allylic oxidation sites excluding steroid dienone is 2. The first-order valence-corrected chi connectivity index (χ1v) is 6.14. The lowest BCUT2D eigenvalue weighted by atomic mass is 9.84. The Labute approximate surface area is 119 Å². The molecule has 20 heavy (non-hydrogen) atoms. The number of nitro groups is 2. The predicted molar refractivity (Wildman–Crippen MR) is 74.5 cm³/mol. The number of rotatable bonds is 3. The first kappa shape index (κ1) is 14.2. The molecule has 1 aromatic carbocycles. The zero-order chi connectivity index (χ0) is 15.0. The van der Waals surface area contributed by atoms with Crippen molar-refractivity contribution in [2.24, 2.45) is 0 Å². The van der Waals surface area contributed by atoms with Crippen LogP contribution in [0.25, 0.3) is 5.57 Å². The number of alkyl halides is 1. The predicted octanol–water partition coefficient (Wildman–Crippen LogP) is 2.89. The molecule has 0 aromatic heterocycles. The van der Waals surface area contributed by atoms with E-state index in [2.05, 4.69) is 0 Å². The van der Waals surface area contributed by atoms with Crippen molar-refractivity contribution in [2.45, 2.75) is 17.5 Å². The van der Waals surface area contributed by atoms with Crippen LogP contribution in [-0.2, 0) is 0 Å². The summed E-state index contributed by atoms with van der Waals surface area (Å²) in [5.41, 5.74) is -1.53. The number of benzene rings is 1. The molecule has 0 spiro atoms. The molecular formula is C13H11ClN2O4. The Hall–Kier alpha value is -2.21. The molecule has 0 fully saturated rings. The minimum Gasteiger partial charge on any atom is -0.258 e. The van der Waals surface area contributed by atoms with Gasteiger partial charge in [-0.15, -0.1) is 0 Å². The molecule has 0 N–H and O–H groups in total. The fourth-order valence-corrected chi connectivity index (χ4v) is 2.37. The third-order valence-corrected chi connectivity index (χ3v) is 3.72. The average molecular weight is 295 g/mol. The number of halogens is 1. The highest BCUT2D eigenvalue weighted by Gasteiger charge is 2.68. The normalized spacial score (nSPS) is 24.0. The topological polar surface area (TPSA) is 86.3 Å². The van der Waals surface area contributed by atoms with E-state index in [0.29, 0.717) is 11.1 Å².